The molecule has 0 unspecified atom stereocenters. The molecule has 0 atom stereocenters. The molecule has 0 aliphatic carbocycles. The van der Waals surface area contributed by atoms with Gasteiger partial charge in [0.2, 0.25) is 0 Å². The first kappa shape index (κ1) is 23.2. The fourth-order valence-electron chi connectivity index (χ4n) is 1.22. The van der Waals surface area contributed by atoms with Crippen LogP contribution in [-0.4, -0.2) is 42.9 Å². The van der Waals surface area contributed by atoms with Gasteiger partial charge in [-0.1, -0.05) is 13.8 Å². The van der Waals surface area contributed by atoms with Crippen LogP contribution in [0.5, 0.6) is 0 Å². The first-order valence-corrected chi connectivity index (χ1v) is 14.8. The predicted octanol–water partition coefficient (Wildman–Crippen LogP) is 5.51. The molecule has 0 amide bonds. The van der Waals surface area contributed by atoms with Gasteiger partial charge in [0.25, 0.3) is 0 Å². The summed E-state index contributed by atoms with van der Waals surface area (Å²) in [6.45, 7) is 17.6. The zero-order valence-electron chi connectivity index (χ0n) is 13.4. The van der Waals surface area contributed by atoms with Gasteiger partial charge in [-0.25, -0.2) is 0 Å². The quantitative estimate of drug-likeness (QED) is 0.530. The van der Waals surface area contributed by atoms with Gasteiger partial charge in [-0.2, -0.15) is 13.1 Å². The van der Waals surface area contributed by atoms with Crippen molar-refractivity contribution in [1.29, 1.82) is 0 Å². The Bertz CT molecular complexity index is 80.7. The number of nitrogens with zero attached hydrogens (tertiary/aromatic N) is 1. The van der Waals surface area contributed by atoms with Crippen LogP contribution < -0.4 is 0 Å². The van der Waals surface area contributed by atoms with E-state index in [-0.39, 0.29) is 0 Å². The summed E-state index contributed by atoms with van der Waals surface area (Å²) in [6.07, 6.45) is 0. The third-order valence-corrected chi connectivity index (χ3v) is 10.8. The first-order valence-electron chi connectivity index (χ1n) is 7.35. The van der Waals surface area contributed by atoms with E-state index in [2.05, 4.69) is 39.9 Å². The molecule has 0 rings (SSSR count). The molecule has 0 aromatic carbocycles. The van der Waals surface area contributed by atoms with Gasteiger partial charge >= 0.3 is 90.7 Å². The molecule has 0 aliphatic heterocycles. The number of rotatable bonds is 7. The monoisotopic (exact) mass is 365 g/mol. The maximum atomic E-state index is 3.97. The summed E-state index contributed by atoms with van der Waals surface area (Å²) in [5.41, 5.74) is 0. The zero-order valence-corrected chi connectivity index (χ0v) is 17.6. The van der Waals surface area contributed by atoms with Gasteiger partial charge in [-0.05, 0) is 0 Å². The molecule has 0 spiro atoms. The van der Waals surface area contributed by atoms with Crippen molar-refractivity contribution in [2.75, 3.05) is 13.1 Å². The molecular formula is C14H35Ge2N-. The Balaban J connectivity index is -0.000000177. The average Bonchev–Trinajstić information content (AvgIpc) is 2.35. The van der Waals surface area contributed by atoms with Crippen molar-refractivity contribution in [3.8, 4) is 0 Å². The van der Waals surface area contributed by atoms with E-state index in [1.165, 1.54) is 26.3 Å². The Hall–Kier alpha value is 1.05. The van der Waals surface area contributed by atoms with Crippen LogP contribution in [0.25, 0.3) is 5.32 Å². The van der Waals surface area contributed by atoms with Gasteiger partial charge in [-0.3, -0.25) is 0 Å². The molecular weight excluding hydrogens is 327 g/mol. The van der Waals surface area contributed by atoms with Crippen LogP contribution in [-0.2, 0) is 0 Å². The summed E-state index contributed by atoms with van der Waals surface area (Å²) in [5.74, 6) is 0. The van der Waals surface area contributed by atoms with E-state index in [1.54, 1.807) is 0 Å². The molecule has 0 aromatic rings. The molecule has 1 nitrogen and oxygen atoms in total. The van der Waals surface area contributed by atoms with E-state index < -0.39 is 14.3 Å². The minimum absolute atomic E-state index is 0.403. The molecule has 0 aromatic heterocycles. The van der Waals surface area contributed by atoms with Crippen LogP contribution in [0.4, 0.5) is 0 Å². The second-order valence-electron chi connectivity index (χ2n) is 3.62. The fourth-order valence-corrected chi connectivity index (χ4v) is 5.42. The molecule has 17 heavy (non-hydrogen) atoms. The molecule has 0 heterocycles. The Morgan fingerprint density at radius 1 is 0.706 bits per heavy atom. The number of hydrogen-bond donors (Lipinski definition) is 0. The van der Waals surface area contributed by atoms with Gasteiger partial charge in [0.05, 0.1) is 0 Å². The van der Waals surface area contributed by atoms with E-state index in [4.69, 9.17) is 0 Å². The Labute approximate surface area is 122 Å². The standard InChI is InChI=1S/C6H15Ge.C4H10Ge.C4H10N/c1-4-7(5-2)6-3;2*1-3-5-4-2/h4-6H2,1-3H3;2*3-4H2,1-2H3/q;;-1. The average molecular weight is 363 g/mol. The molecule has 3 radical (unpaired) electrons. The van der Waals surface area contributed by atoms with Gasteiger partial charge in [0.15, 0.2) is 0 Å². The van der Waals surface area contributed by atoms with Crippen molar-refractivity contribution in [3.63, 3.8) is 0 Å². The van der Waals surface area contributed by atoms with Crippen molar-refractivity contribution < 1.29 is 0 Å². The van der Waals surface area contributed by atoms with Gasteiger partial charge in [0.1, 0.15) is 0 Å². The van der Waals surface area contributed by atoms with Crippen molar-refractivity contribution in [2.45, 2.75) is 74.7 Å². The summed E-state index contributed by atoms with van der Waals surface area (Å²) in [7, 11) is 0. The Morgan fingerprint density at radius 2 is 1.06 bits per heavy atom. The normalized spacial score (nSPS) is 9.18. The van der Waals surface area contributed by atoms with E-state index in [1.807, 2.05) is 13.8 Å². The summed E-state index contributed by atoms with van der Waals surface area (Å²) in [6, 6.07) is 0. The third kappa shape index (κ3) is 31.6. The van der Waals surface area contributed by atoms with E-state index in [9.17, 15) is 0 Å². The topological polar surface area (TPSA) is 14.1 Å². The van der Waals surface area contributed by atoms with Crippen molar-refractivity contribution in [1.82, 2.24) is 0 Å². The third-order valence-electron chi connectivity index (χ3n) is 2.45. The second kappa shape index (κ2) is 25.8. The molecule has 0 saturated heterocycles. The molecule has 0 bridgehead atoms. The van der Waals surface area contributed by atoms with Crippen molar-refractivity contribution in [2.24, 2.45) is 0 Å². The molecule has 0 fully saturated rings. The summed E-state index contributed by atoms with van der Waals surface area (Å²) >= 11 is 0.125. The summed E-state index contributed by atoms with van der Waals surface area (Å²) in [4.78, 5) is 0. The fraction of sp³-hybridized carbons (Fsp3) is 1.00. The van der Waals surface area contributed by atoms with Crippen LogP contribution in [0.1, 0.15) is 48.5 Å². The van der Waals surface area contributed by atoms with E-state index in [0.717, 1.165) is 13.1 Å². The molecule has 0 N–H and O–H groups in total. The van der Waals surface area contributed by atoms with E-state index in [0.29, 0.717) is 15.4 Å². The Kier molecular flexibility index (Phi) is 35.1. The van der Waals surface area contributed by atoms with Gasteiger partial charge < -0.3 is 5.32 Å². The predicted molar refractivity (Wildman–Crippen MR) is 88.4 cm³/mol. The minimum atomic E-state index is -0.403. The van der Waals surface area contributed by atoms with Crippen molar-refractivity contribution in [3.05, 3.63) is 5.32 Å². The van der Waals surface area contributed by atoms with Gasteiger partial charge in [0, 0.05) is 0 Å². The van der Waals surface area contributed by atoms with Crippen LogP contribution in [0.3, 0.4) is 0 Å². The SMILES string of the molecule is CC[N-]CC.C[CH2][Ge]([CH2]C)[CH2]C.C[CH2][Ge][CH2]C. The molecule has 3 heteroatoms. The summed E-state index contributed by atoms with van der Waals surface area (Å²) in [5, 5.41) is 11.5. The maximum absolute atomic E-state index is 3.97. The van der Waals surface area contributed by atoms with Crippen LogP contribution in [0, 0.1) is 0 Å². The summed E-state index contributed by atoms with van der Waals surface area (Å²) < 4.78 is 0. The van der Waals surface area contributed by atoms with E-state index >= 15 is 0 Å². The molecule has 105 valence electrons. The molecule has 0 saturated carbocycles. The van der Waals surface area contributed by atoms with Crippen LogP contribution >= 0.6 is 0 Å². The zero-order chi connectivity index (χ0) is 13.9. The van der Waals surface area contributed by atoms with Crippen LogP contribution in [0.15, 0.2) is 0 Å². The van der Waals surface area contributed by atoms with Crippen molar-refractivity contribution >= 4 is 29.8 Å². The Morgan fingerprint density at radius 3 is 1.06 bits per heavy atom. The number of hydrogen-bond acceptors (Lipinski definition) is 0. The molecule has 0 aliphatic rings. The second-order valence-corrected chi connectivity index (χ2v) is 15.2. The van der Waals surface area contributed by atoms with Crippen LogP contribution in [0.2, 0.25) is 26.3 Å². The van der Waals surface area contributed by atoms with Gasteiger partial charge in [-0.15, -0.1) is 0 Å². The first-order chi connectivity index (χ1) is 8.17.